The fourth-order valence-corrected chi connectivity index (χ4v) is 4.09. The number of para-hydroxylation sites is 1. The topological polar surface area (TPSA) is 63.7 Å². The van der Waals surface area contributed by atoms with E-state index in [0.29, 0.717) is 0 Å². The van der Waals surface area contributed by atoms with Crippen LogP contribution in [-0.4, -0.2) is 27.0 Å². The first-order chi connectivity index (χ1) is 11.7. The molecule has 0 aliphatic heterocycles. The van der Waals surface area contributed by atoms with Gasteiger partial charge in [0.15, 0.2) is 0 Å². The Morgan fingerprint density at radius 3 is 2.32 bits per heavy atom. The summed E-state index contributed by atoms with van der Waals surface area (Å²) in [6.07, 6.45) is -0.351. The van der Waals surface area contributed by atoms with E-state index in [4.69, 9.17) is 16.3 Å². The van der Waals surface area contributed by atoms with Crippen LogP contribution < -0.4 is 4.31 Å². The molecule has 0 atom stereocenters. The predicted molar refractivity (Wildman–Crippen MR) is 101 cm³/mol. The first-order valence-corrected chi connectivity index (χ1v) is 10.0. The highest BCUT2D eigenvalue weighted by Gasteiger charge is 2.29. The number of hydrogen-bond donors (Lipinski definition) is 0. The average Bonchev–Trinajstić information content (AvgIpc) is 2.53. The number of rotatable bonds is 6. The minimum atomic E-state index is -4.00. The number of ether oxygens (including phenoxy) is 1. The van der Waals surface area contributed by atoms with E-state index in [1.807, 2.05) is 0 Å². The van der Waals surface area contributed by atoms with Gasteiger partial charge < -0.3 is 4.74 Å². The smallest absolute Gasteiger partial charge is 0.327 e. The summed E-state index contributed by atoms with van der Waals surface area (Å²) < 4.78 is 32.9. The molecule has 134 valence electrons. The molecule has 0 spiro atoms. The minimum absolute atomic E-state index is 0.0490. The van der Waals surface area contributed by atoms with Crippen LogP contribution in [0.5, 0.6) is 0 Å². The second-order valence-corrected chi connectivity index (χ2v) is 8.64. The summed E-state index contributed by atoms with van der Waals surface area (Å²) in [7, 11) is -4.00. The van der Waals surface area contributed by atoms with Crippen molar-refractivity contribution in [1.29, 1.82) is 0 Å². The zero-order chi connectivity index (χ0) is 18.6. The van der Waals surface area contributed by atoms with Crippen LogP contribution >= 0.6 is 27.5 Å². The third-order valence-electron chi connectivity index (χ3n) is 3.16. The van der Waals surface area contributed by atoms with Gasteiger partial charge in [-0.15, -0.1) is 0 Å². The monoisotopic (exact) mass is 445 g/mol. The van der Waals surface area contributed by atoms with Crippen LogP contribution in [0.25, 0.3) is 0 Å². The molecular weight excluding hydrogens is 430 g/mol. The molecule has 0 aliphatic carbocycles. The van der Waals surface area contributed by atoms with E-state index in [9.17, 15) is 13.2 Å². The molecule has 8 heteroatoms. The van der Waals surface area contributed by atoms with Gasteiger partial charge in [0.1, 0.15) is 6.54 Å². The third-order valence-corrected chi connectivity index (χ3v) is 5.78. The maximum absolute atomic E-state index is 13.1. The molecular formula is C17H17BrClNO4S. The Morgan fingerprint density at radius 2 is 1.76 bits per heavy atom. The maximum atomic E-state index is 13.1. The second kappa shape index (κ2) is 8.21. The molecule has 0 radical (unpaired) electrons. The molecule has 25 heavy (non-hydrogen) atoms. The van der Waals surface area contributed by atoms with Gasteiger partial charge >= 0.3 is 5.97 Å². The Labute approximate surface area is 160 Å². The van der Waals surface area contributed by atoms with Crippen molar-refractivity contribution in [2.45, 2.75) is 24.8 Å². The number of sulfonamides is 1. The van der Waals surface area contributed by atoms with Crippen molar-refractivity contribution in [2.75, 3.05) is 10.8 Å². The minimum Gasteiger partial charge on any atom is -0.462 e. The zero-order valence-electron chi connectivity index (χ0n) is 13.6. The van der Waals surface area contributed by atoms with Gasteiger partial charge in [-0.3, -0.25) is 9.10 Å². The maximum Gasteiger partial charge on any atom is 0.327 e. The largest absolute Gasteiger partial charge is 0.462 e. The SMILES string of the molecule is CC(C)OC(=O)CN(c1ccccc1Cl)S(=O)(=O)c1ccc(Br)cc1. The molecule has 2 aromatic carbocycles. The summed E-state index contributed by atoms with van der Waals surface area (Å²) in [6.45, 7) is 2.92. The van der Waals surface area contributed by atoms with Crippen LogP contribution in [0, 0.1) is 0 Å². The molecule has 0 heterocycles. The number of benzene rings is 2. The van der Waals surface area contributed by atoms with Gasteiger partial charge in [-0.2, -0.15) is 0 Å². The van der Waals surface area contributed by atoms with E-state index in [1.54, 1.807) is 50.2 Å². The number of hydrogen-bond acceptors (Lipinski definition) is 4. The molecule has 0 aliphatic rings. The highest BCUT2D eigenvalue weighted by molar-refractivity contribution is 9.10. The molecule has 0 unspecified atom stereocenters. The molecule has 0 aromatic heterocycles. The summed E-state index contributed by atoms with van der Waals surface area (Å²) in [4.78, 5) is 12.2. The number of halogens is 2. The Balaban J connectivity index is 2.48. The van der Waals surface area contributed by atoms with E-state index in [2.05, 4.69) is 15.9 Å². The second-order valence-electron chi connectivity index (χ2n) is 5.46. The fraction of sp³-hybridized carbons (Fsp3) is 0.235. The van der Waals surface area contributed by atoms with E-state index >= 15 is 0 Å². The average molecular weight is 447 g/mol. The lowest BCUT2D eigenvalue weighted by molar-refractivity contribution is -0.145. The lowest BCUT2D eigenvalue weighted by atomic mass is 10.3. The summed E-state index contributed by atoms with van der Waals surface area (Å²) >= 11 is 9.43. The Hall–Kier alpha value is -1.57. The molecule has 5 nitrogen and oxygen atoms in total. The van der Waals surface area contributed by atoms with Crippen LogP contribution in [0.4, 0.5) is 5.69 Å². The Bertz CT molecular complexity index is 853. The van der Waals surface area contributed by atoms with Crippen LogP contribution in [0.3, 0.4) is 0 Å². The molecule has 0 N–H and O–H groups in total. The summed E-state index contributed by atoms with van der Waals surface area (Å²) in [5.41, 5.74) is 0.216. The van der Waals surface area contributed by atoms with Crippen molar-refractivity contribution in [3.8, 4) is 0 Å². The molecule has 0 fully saturated rings. The van der Waals surface area contributed by atoms with Gasteiger partial charge in [-0.1, -0.05) is 39.7 Å². The molecule has 0 saturated heterocycles. The molecule has 0 saturated carbocycles. The number of anilines is 1. The van der Waals surface area contributed by atoms with Crippen LogP contribution in [0.2, 0.25) is 5.02 Å². The normalized spacial score (nSPS) is 11.4. The quantitative estimate of drug-likeness (QED) is 0.622. The van der Waals surface area contributed by atoms with Crippen molar-refractivity contribution in [2.24, 2.45) is 0 Å². The molecule has 0 amide bonds. The number of carbonyl (C=O) groups is 1. The van der Waals surface area contributed by atoms with Gasteiger partial charge in [0.25, 0.3) is 10.0 Å². The lowest BCUT2D eigenvalue weighted by Crippen LogP contribution is -2.37. The summed E-state index contributed by atoms with van der Waals surface area (Å²) in [5, 5.41) is 0.223. The molecule has 2 rings (SSSR count). The summed E-state index contributed by atoms with van der Waals surface area (Å²) in [5.74, 6) is -0.657. The van der Waals surface area contributed by atoms with Gasteiger partial charge in [0.05, 0.1) is 21.7 Å². The Morgan fingerprint density at radius 1 is 1.16 bits per heavy atom. The summed E-state index contributed by atoms with van der Waals surface area (Å²) in [6, 6.07) is 12.6. The van der Waals surface area contributed by atoms with E-state index in [0.717, 1.165) is 8.78 Å². The van der Waals surface area contributed by atoms with Crippen LogP contribution in [0.1, 0.15) is 13.8 Å². The van der Waals surface area contributed by atoms with Crippen molar-refractivity contribution in [3.05, 3.63) is 58.0 Å². The Kier molecular flexibility index (Phi) is 6.48. The van der Waals surface area contributed by atoms with Gasteiger partial charge in [-0.05, 0) is 50.2 Å². The van der Waals surface area contributed by atoms with Crippen LogP contribution in [-0.2, 0) is 19.6 Å². The lowest BCUT2D eigenvalue weighted by Gasteiger charge is -2.25. The first kappa shape index (κ1) is 19.8. The molecule has 0 bridgehead atoms. The van der Waals surface area contributed by atoms with Gasteiger partial charge in [-0.25, -0.2) is 8.42 Å². The van der Waals surface area contributed by atoms with Gasteiger partial charge in [0, 0.05) is 4.47 Å². The van der Waals surface area contributed by atoms with E-state index < -0.39 is 22.5 Å². The van der Waals surface area contributed by atoms with E-state index in [1.165, 1.54) is 12.1 Å². The zero-order valence-corrected chi connectivity index (χ0v) is 16.8. The predicted octanol–water partition coefficient (Wildman–Crippen LogP) is 4.25. The highest BCUT2D eigenvalue weighted by atomic mass is 79.9. The number of nitrogens with zero attached hydrogens (tertiary/aromatic N) is 1. The van der Waals surface area contributed by atoms with Crippen molar-refractivity contribution in [1.82, 2.24) is 0 Å². The first-order valence-electron chi connectivity index (χ1n) is 7.44. The van der Waals surface area contributed by atoms with Crippen LogP contribution in [0.15, 0.2) is 57.9 Å². The van der Waals surface area contributed by atoms with E-state index in [-0.39, 0.29) is 21.7 Å². The standard InChI is InChI=1S/C17H17BrClNO4S/c1-12(2)24-17(21)11-20(16-6-4-3-5-15(16)19)25(22,23)14-9-7-13(18)8-10-14/h3-10,12H,11H2,1-2H3. The highest BCUT2D eigenvalue weighted by Crippen LogP contribution is 2.30. The molecule has 2 aromatic rings. The third kappa shape index (κ3) is 4.96. The number of carbonyl (C=O) groups excluding carboxylic acids is 1. The van der Waals surface area contributed by atoms with Crippen molar-refractivity contribution in [3.63, 3.8) is 0 Å². The van der Waals surface area contributed by atoms with Crippen molar-refractivity contribution >= 4 is 49.2 Å². The van der Waals surface area contributed by atoms with Gasteiger partial charge in [0.2, 0.25) is 0 Å². The fourth-order valence-electron chi connectivity index (χ4n) is 2.10. The number of esters is 1. The van der Waals surface area contributed by atoms with Crippen molar-refractivity contribution < 1.29 is 17.9 Å².